The van der Waals surface area contributed by atoms with Crippen LogP contribution < -0.4 is 0 Å². The van der Waals surface area contributed by atoms with E-state index in [2.05, 4.69) is 146 Å². The van der Waals surface area contributed by atoms with Crippen molar-refractivity contribution in [2.75, 3.05) is 0 Å². The highest BCUT2D eigenvalue weighted by Gasteiger charge is 2.24. The topological polar surface area (TPSA) is 66.7 Å². The molecule has 0 aliphatic rings. The van der Waals surface area contributed by atoms with E-state index < -0.39 is 0 Å². The van der Waals surface area contributed by atoms with Gasteiger partial charge in [0.25, 0.3) is 0 Å². The number of rotatable bonds is 4. The third-order valence-corrected chi connectivity index (χ3v) is 11.3. The standard InChI is InChI=1S/C51H28N6/c1-54-44-28-32(30-52)27-43(49(44)57-47-21-11-5-15-37(47)38-16-6-12-22-48(38)57)36-24-23-35(29-33(36)31-53)56-46-20-10-8-18-40(46)42-26-25-41-39-17-7-9-19-45(39)55(50(41)51(42)56)34-13-3-2-4-14-34/h2-29H. The number of nitriles is 2. The average Bonchev–Trinajstić information content (AvgIpc) is 3.92. The Labute approximate surface area is 326 Å². The monoisotopic (exact) mass is 724 g/mol. The first kappa shape index (κ1) is 32.1. The predicted molar refractivity (Wildman–Crippen MR) is 231 cm³/mol. The number of hydrogen-bond acceptors (Lipinski definition) is 2. The minimum absolute atomic E-state index is 0.335. The van der Waals surface area contributed by atoms with Gasteiger partial charge in [0, 0.05) is 54.8 Å². The lowest BCUT2D eigenvalue weighted by atomic mass is 9.95. The van der Waals surface area contributed by atoms with Crippen LogP contribution in [0.1, 0.15) is 11.1 Å². The van der Waals surface area contributed by atoms with Crippen molar-refractivity contribution >= 4 is 71.1 Å². The first-order valence-corrected chi connectivity index (χ1v) is 18.7. The van der Waals surface area contributed by atoms with Crippen molar-refractivity contribution in [3.05, 3.63) is 192 Å². The Morgan fingerprint density at radius 3 is 1.44 bits per heavy atom. The van der Waals surface area contributed by atoms with Gasteiger partial charge in [0.15, 0.2) is 0 Å². The summed E-state index contributed by atoms with van der Waals surface area (Å²) in [7, 11) is 0. The van der Waals surface area contributed by atoms with E-state index in [0.29, 0.717) is 33.6 Å². The molecule has 0 fully saturated rings. The van der Waals surface area contributed by atoms with Gasteiger partial charge in [-0.05, 0) is 66.2 Å². The molecule has 11 rings (SSSR count). The largest absolute Gasteiger partial charge is 0.318 e. The zero-order valence-corrected chi connectivity index (χ0v) is 30.3. The van der Waals surface area contributed by atoms with Crippen LogP contribution in [0.4, 0.5) is 5.69 Å². The maximum Gasteiger partial charge on any atom is 0.212 e. The van der Waals surface area contributed by atoms with Crippen molar-refractivity contribution < 1.29 is 0 Å². The summed E-state index contributed by atoms with van der Waals surface area (Å²) >= 11 is 0. The van der Waals surface area contributed by atoms with E-state index in [1.165, 1.54) is 0 Å². The summed E-state index contributed by atoms with van der Waals surface area (Å²) in [5.41, 5.74) is 11.1. The summed E-state index contributed by atoms with van der Waals surface area (Å²) in [5.74, 6) is 0. The molecule has 0 radical (unpaired) electrons. The molecule has 0 spiro atoms. The Hall–Kier alpha value is -8.37. The van der Waals surface area contributed by atoms with Crippen LogP contribution in [0, 0.1) is 29.2 Å². The minimum atomic E-state index is 0.335. The van der Waals surface area contributed by atoms with Crippen molar-refractivity contribution in [2.24, 2.45) is 0 Å². The van der Waals surface area contributed by atoms with Crippen LogP contribution in [0.2, 0.25) is 0 Å². The summed E-state index contributed by atoms with van der Waals surface area (Å²) in [5, 5.41) is 27.8. The molecule has 0 atom stereocenters. The molecular formula is C51H28N6. The Morgan fingerprint density at radius 1 is 0.421 bits per heavy atom. The zero-order chi connectivity index (χ0) is 38.2. The Morgan fingerprint density at radius 2 is 0.912 bits per heavy atom. The molecule has 8 aromatic carbocycles. The number of hydrogen-bond donors (Lipinski definition) is 0. The molecule has 0 saturated heterocycles. The molecule has 0 unspecified atom stereocenters. The number of fused-ring (bicyclic) bond motifs is 10. The molecule has 3 aromatic heterocycles. The van der Waals surface area contributed by atoms with E-state index in [0.717, 1.165) is 76.8 Å². The highest BCUT2D eigenvalue weighted by Crippen LogP contribution is 2.45. The normalized spacial score (nSPS) is 11.5. The molecule has 57 heavy (non-hydrogen) atoms. The van der Waals surface area contributed by atoms with Crippen molar-refractivity contribution in [1.29, 1.82) is 10.5 Å². The molecule has 0 amide bonds. The molecule has 0 N–H and O–H groups in total. The lowest BCUT2D eigenvalue weighted by Gasteiger charge is -2.18. The van der Waals surface area contributed by atoms with Gasteiger partial charge >= 0.3 is 0 Å². The van der Waals surface area contributed by atoms with E-state index in [-0.39, 0.29) is 0 Å². The highest BCUT2D eigenvalue weighted by molar-refractivity contribution is 6.24. The third-order valence-electron chi connectivity index (χ3n) is 11.3. The maximum absolute atomic E-state index is 11.0. The Kier molecular flexibility index (Phi) is 6.95. The molecule has 262 valence electrons. The molecular weight excluding hydrogens is 697 g/mol. The first-order valence-electron chi connectivity index (χ1n) is 18.7. The number of benzene rings is 8. The van der Waals surface area contributed by atoms with Crippen molar-refractivity contribution in [2.45, 2.75) is 0 Å². The molecule has 0 aliphatic heterocycles. The van der Waals surface area contributed by atoms with Crippen LogP contribution in [-0.4, -0.2) is 13.7 Å². The van der Waals surface area contributed by atoms with Gasteiger partial charge in [0.05, 0.1) is 63.1 Å². The number of para-hydroxylation sites is 5. The third kappa shape index (κ3) is 4.55. The predicted octanol–water partition coefficient (Wildman–Crippen LogP) is 12.9. The van der Waals surface area contributed by atoms with Gasteiger partial charge < -0.3 is 13.7 Å². The second-order valence-electron chi connectivity index (χ2n) is 14.2. The van der Waals surface area contributed by atoms with Crippen LogP contribution in [-0.2, 0) is 0 Å². The minimum Gasteiger partial charge on any atom is -0.318 e. The van der Waals surface area contributed by atoms with Gasteiger partial charge in [-0.1, -0.05) is 109 Å². The van der Waals surface area contributed by atoms with E-state index in [9.17, 15) is 10.5 Å². The van der Waals surface area contributed by atoms with Crippen LogP contribution >= 0.6 is 0 Å². The molecule has 6 nitrogen and oxygen atoms in total. The van der Waals surface area contributed by atoms with Crippen molar-refractivity contribution in [3.8, 4) is 40.3 Å². The number of nitrogens with zero attached hydrogens (tertiary/aromatic N) is 6. The molecule has 3 heterocycles. The second-order valence-corrected chi connectivity index (χ2v) is 14.2. The Balaban J connectivity index is 1.23. The van der Waals surface area contributed by atoms with Gasteiger partial charge in [-0.2, -0.15) is 10.5 Å². The molecule has 6 heteroatoms. The fraction of sp³-hybridized carbons (Fsp3) is 0. The van der Waals surface area contributed by atoms with Crippen LogP contribution in [0.5, 0.6) is 0 Å². The average molecular weight is 725 g/mol. The smallest absolute Gasteiger partial charge is 0.212 e. The maximum atomic E-state index is 11.0. The summed E-state index contributed by atoms with van der Waals surface area (Å²) < 4.78 is 6.73. The zero-order valence-electron chi connectivity index (χ0n) is 30.3. The van der Waals surface area contributed by atoms with Crippen LogP contribution in [0.15, 0.2) is 170 Å². The summed E-state index contributed by atoms with van der Waals surface area (Å²) in [4.78, 5) is 3.99. The molecule has 0 bridgehead atoms. The van der Waals surface area contributed by atoms with Gasteiger partial charge in [-0.25, -0.2) is 4.85 Å². The molecule has 0 saturated carbocycles. The van der Waals surface area contributed by atoms with E-state index in [4.69, 9.17) is 6.57 Å². The van der Waals surface area contributed by atoms with Crippen molar-refractivity contribution in [1.82, 2.24) is 13.7 Å². The van der Waals surface area contributed by atoms with Gasteiger partial charge in [0.2, 0.25) is 5.69 Å². The van der Waals surface area contributed by atoms with E-state index in [1.807, 2.05) is 48.5 Å². The molecule has 0 aliphatic carbocycles. The quantitative estimate of drug-likeness (QED) is 0.170. The summed E-state index contributed by atoms with van der Waals surface area (Å²) in [6.07, 6.45) is 0. The van der Waals surface area contributed by atoms with Crippen molar-refractivity contribution in [3.63, 3.8) is 0 Å². The van der Waals surface area contributed by atoms with E-state index in [1.54, 1.807) is 6.07 Å². The first-order chi connectivity index (χ1) is 28.2. The fourth-order valence-corrected chi connectivity index (χ4v) is 8.99. The van der Waals surface area contributed by atoms with Gasteiger partial charge in [-0.3, -0.25) is 0 Å². The summed E-state index contributed by atoms with van der Waals surface area (Å²) in [6, 6.07) is 62.4. The van der Waals surface area contributed by atoms with Gasteiger partial charge in [-0.15, -0.1) is 0 Å². The van der Waals surface area contributed by atoms with E-state index >= 15 is 0 Å². The van der Waals surface area contributed by atoms with Crippen LogP contribution in [0.25, 0.3) is 98.5 Å². The summed E-state index contributed by atoms with van der Waals surface area (Å²) in [6.45, 7) is 8.33. The molecule has 11 aromatic rings. The van der Waals surface area contributed by atoms with Crippen LogP contribution in [0.3, 0.4) is 0 Å². The van der Waals surface area contributed by atoms with Gasteiger partial charge in [0.1, 0.15) is 0 Å². The Bertz CT molecular complexity index is 3560. The SMILES string of the molecule is [C-]#[N+]c1cc(C#N)cc(-c2ccc(-n3c4ccccc4c4ccc5c6ccccc6n(-c6ccccc6)c5c43)cc2C#N)c1-n1c2ccccc2c2ccccc21. The lowest BCUT2D eigenvalue weighted by molar-refractivity contribution is 1.15. The lowest BCUT2D eigenvalue weighted by Crippen LogP contribution is -2.02. The number of aromatic nitrogens is 3. The highest BCUT2D eigenvalue weighted by atomic mass is 15.0. The fourth-order valence-electron chi connectivity index (χ4n) is 8.99. The second kappa shape index (κ2) is 12.3.